The second-order valence-corrected chi connectivity index (χ2v) is 5.52. The van der Waals surface area contributed by atoms with Gasteiger partial charge < -0.3 is 5.73 Å². The molecule has 0 spiro atoms. The van der Waals surface area contributed by atoms with Gasteiger partial charge in [-0.1, -0.05) is 41.9 Å². The average molecular weight is 278 g/mol. The Hall–Kier alpha value is -0.960. The number of nitrogens with two attached hydrogens (primary N) is 1. The highest BCUT2D eigenvalue weighted by Crippen LogP contribution is 2.26. The van der Waals surface area contributed by atoms with E-state index in [1.54, 1.807) is 11.8 Å². The van der Waals surface area contributed by atoms with Gasteiger partial charge in [0.25, 0.3) is 0 Å². The topological polar surface area (TPSA) is 26.0 Å². The van der Waals surface area contributed by atoms with Gasteiger partial charge in [0.05, 0.1) is 0 Å². The van der Waals surface area contributed by atoms with Crippen LogP contribution in [0.25, 0.3) is 0 Å². The van der Waals surface area contributed by atoms with Gasteiger partial charge in [0.15, 0.2) is 0 Å². The first-order valence-electron chi connectivity index (χ1n) is 5.95. The van der Waals surface area contributed by atoms with E-state index in [0.29, 0.717) is 6.54 Å². The van der Waals surface area contributed by atoms with E-state index >= 15 is 0 Å². The van der Waals surface area contributed by atoms with Crippen LogP contribution in [-0.2, 0) is 12.2 Å². The van der Waals surface area contributed by atoms with Crippen molar-refractivity contribution in [2.24, 2.45) is 5.73 Å². The molecule has 2 aromatic rings. The van der Waals surface area contributed by atoms with Crippen LogP contribution in [0.4, 0.5) is 0 Å². The number of halogens is 1. The first-order chi connectivity index (χ1) is 8.79. The summed E-state index contributed by atoms with van der Waals surface area (Å²) in [6.07, 6.45) is 0.940. The van der Waals surface area contributed by atoms with Gasteiger partial charge in [-0.15, -0.1) is 11.8 Å². The lowest BCUT2D eigenvalue weighted by Crippen LogP contribution is -2.02. The summed E-state index contributed by atoms with van der Waals surface area (Å²) in [7, 11) is 0. The monoisotopic (exact) mass is 277 g/mol. The minimum atomic E-state index is 0.701. The van der Waals surface area contributed by atoms with E-state index in [1.165, 1.54) is 16.0 Å². The van der Waals surface area contributed by atoms with E-state index in [4.69, 9.17) is 17.3 Å². The van der Waals surface area contributed by atoms with Crippen LogP contribution in [0.15, 0.2) is 53.4 Å². The van der Waals surface area contributed by atoms with Crippen LogP contribution in [0.3, 0.4) is 0 Å². The molecule has 1 nitrogen and oxygen atoms in total. The van der Waals surface area contributed by atoms with Crippen LogP contribution in [-0.4, -0.2) is 6.54 Å². The van der Waals surface area contributed by atoms with Gasteiger partial charge in [-0.2, -0.15) is 0 Å². The van der Waals surface area contributed by atoms with Crippen molar-refractivity contribution in [3.63, 3.8) is 0 Å². The zero-order valence-electron chi connectivity index (χ0n) is 10.1. The molecule has 0 aliphatic rings. The fraction of sp³-hybridized carbons (Fsp3) is 0.200. The van der Waals surface area contributed by atoms with E-state index in [2.05, 4.69) is 30.3 Å². The largest absolute Gasteiger partial charge is 0.330 e. The fourth-order valence-electron chi connectivity index (χ4n) is 1.70. The summed E-state index contributed by atoms with van der Waals surface area (Å²) in [5.41, 5.74) is 8.00. The molecule has 0 amide bonds. The third-order valence-corrected chi connectivity index (χ3v) is 4.14. The lowest BCUT2D eigenvalue weighted by molar-refractivity contribution is 0.966. The maximum atomic E-state index is 6.13. The first-order valence-corrected chi connectivity index (χ1v) is 7.31. The van der Waals surface area contributed by atoms with Gasteiger partial charge in [0.2, 0.25) is 0 Å². The van der Waals surface area contributed by atoms with E-state index in [0.717, 1.165) is 17.2 Å². The number of rotatable bonds is 5. The second-order valence-electron chi connectivity index (χ2n) is 4.06. The molecule has 3 heteroatoms. The third-order valence-electron chi connectivity index (χ3n) is 2.71. The van der Waals surface area contributed by atoms with Gasteiger partial charge in [-0.25, -0.2) is 0 Å². The maximum Gasteiger partial charge on any atom is 0.0446 e. The van der Waals surface area contributed by atoms with Crippen LogP contribution >= 0.6 is 23.4 Å². The summed E-state index contributed by atoms with van der Waals surface area (Å²) >= 11 is 7.93. The SMILES string of the molecule is NCCc1ccc(SCc2ccccc2Cl)cc1. The summed E-state index contributed by atoms with van der Waals surface area (Å²) in [6, 6.07) is 16.5. The summed E-state index contributed by atoms with van der Waals surface area (Å²) < 4.78 is 0. The lowest BCUT2D eigenvalue weighted by atomic mass is 10.2. The molecule has 0 atom stereocenters. The molecule has 0 saturated carbocycles. The number of benzene rings is 2. The van der Waals surface area contributed by atoms with E-state index in [-0.39, 0.29) is 0 Å². The molecule has 94 valence electrons. The Labute approximate surface area is 117 Å². The van der Waals surface area contributed by atoms with Crippen molar-refractivity contribution in [2.75, 3.05) is 6.54 Å². The van der Waals surface area contributed by atoms with Crippen molar-refractivity contribution in [1.29, 1.82) is 0 Å². The highest BCUT2D eigenvalue weighted by molar-refractivity contribution is 7.98. The molecule has 2 N–H and O–H groups in total. The van der Waals surface area contributed by atoms with E-state index < -0.39 is 0 Å². The van der Waals surface area contributed by atoms with Crippen molar-refractivity contribution in [2.45, 2.75) is 17.1 Å². The van der Waals surface area contributed by atoms with Crippen LogP contribution < -0.4 is 5.73 Å². The molecular formula is C15H16ClNS. The highest BCUT2D eigenvalue weighted by atomic mass is 35.5. The first kappa shape index (κ1) is 13.5. The molecule has 0 radical (unpaired) electrons. The molecule has 18 heavy (non-hydrogen) atoms. The lowest BCUT2D eigenvalue weighted by Gasteiger charge is -2.05. The minimum Gasteiger partial charge on any atom is -0.330 e. The quantitative estimate of drug-likeness (QED) is 0.832. The molecule has 0 aromatic heterocycles. The Morgan fingerprint density at radius 2 is 1.72 bits per heavy atom. The Kier molecular flexibility index (Phi) is 5.12. The average Bonchev–Trinajstić information content (AvgIpc) is 2.40. The molecule has 2 rings (SSSR count). The van der Waals surface area contributed by atoms with Crippen molar-refractivity contribution >= 4 is 23.4 Å². The third kappa shape index (κ3) is 3.77. The maximum absolute atomic E-state index is 6.13. The number of thioether (sulfide) groups is 1. The molecule has 0 heterocycles. The van der Waals surface area contributed by atoms with Crippen LogP contribution in [0.2, 0.25) is 5.02 Å². The van der Waals surface area contributed by atoms with Crippen LogP contribution in [0, 0.1) is 0 Å². The Morgan fingerprint density at radius 1 is 1.00 bits per heavy atom. The van der Waals surface area contributed by atoms with Crippen molar-refractivity contribution in [3.05, 3.63) is 64.7 Å². The summed E-state index contributed by atoms with van der Waals surface area (Å²) in [4.78, 5) is 1.26. The van der Waals surface area contributed by atoms with Crippen molar-refractivity contribution < 1.29 is 0 Å². The zero-order valence-corrected chi connectivity index (χ0v) is 11.7. The van der Waals surface area contributed by atoms with E-state index in [9.17, 15) is 0 Å². The summed E-state index contributed by atoms with van der Waals surface area (Å²) in [5.74, 6) is 0.899. The van der Waals surface area contributed by atoms with Gasteiger partial charge in [-0.05, 0) is 42.3 Å². The molecule has 0 saturated heterocycles. The molecule has 0 aliphatic heterocycles. The Morgan fingerprint density at radius 3 is 2.39 bits per heavy atom. The standard InChI is InChI=1S/C15H16ClNS/c16-15-4-2-1-3-13(15)11-18-14-7-5-12(6-8-14)9-10-17/h1-8H,9-11,17H2. The molecule has 0 bridgehead atoms. The highest BCUT2D eigenvalue weighted by Gasteiger charge is 2.00. The smallest absolute Gasteiger partial charge is 0.0446 e. The Balaban J connectivity index is 1.96. The van der Waals surface area contributed by atoms with Gasteiger partial charge >= 0.3 is 0 Å². The molecule has 0 fully saturated rings. The molecular weight excluding hydrogens is 262 g/mol. The van der Waals surface area contributed by atoms with Gasteiger partial charge in [0.1, 0.15) is 0 Å². The molecule has 0 aliphatic carbocycles. The predicted octanol–water partition coefficient (Wildman–Crippen LogP) is 4.13. The van der Waals surface area contributed by atoms with E-state index in [1.807, 2.05) is 18.2 Å². The summed E-state index contributed by atoms with van der Waals surface area (Å²) in [6.45, 7) is 0.701. The molecule has 0 unspecified atom stereocenters. The van der Waals surface area contributed by atoms with Crippen LogP contribution in [0.5, 0.6) is 0 Å². The second kappa shape index (κ2) is 6.83. The number of hydrogen-bond donors (Lipinski definition) is 1. The van der Waals surface area contributed by atoms with Gasteiger partial charge in [0, 0.05) is 15.7 Å². The van der Waals surface area contributed by atoms with Crippen LogP contribution in [0.1, 0.15) is 11.1 Å². The minimum absolute atomic E-state index is 0.701. The predicted molar refractivity (Wildman–Crippen MR) is 80.2 cm³/mol. The molecule has 2 aromatic carbocycles. The normalized spacial score (nSPS) is 10.6. The van der Waals surface area contributed by atoms with Crippen molar-refractivity contribution in [1.82, 2.24) is 0 Å². The zero-order chi connectivity index (χ0) is 12.8. The van der Waals surface area contributed by atoms with Crippen molar-refractivity contribution in [3.8, 4) is 0 Å². The van der Waals surface area contributed by atoms with Gasteiger partial charge in [-0.3, -0.25) is 0 Å². The number of hydrogen-bond acceptors (Lipinski definition) is 2. The fourth-order valence-corrected chi connectivity index (χ4v) is 2.88. The Bertz CT molecular complexity index is 496. The summed E-state index contributed by atoms with van der Waals surface area (Å²) in [5, 5.41) is 0.838.